The first kappa shape index (κ1) is 63.1. The molecule has 3 aliphatic heterocycles. The zero-order chi connectivity index (χ0) is 59.7. The minimum atomic E-state index is -2.08. The molecule has 0 aliphatic carbocycles. The Morgan fingerprint density at radius 1 is 0.671 bits per heavy atom. The number of hydrogen-bond acceptors (Lipinski definition) is 16. The quantitative estimate of drug-likeness (QED) is 0.0602. The number of nitrogens with one attached hydrogen (secondary N) is 3. The van der Waals surface area contributed by atoms with Gasteiger partial charge < -0.3 is 66.4 Å². The molecule has 4 aromatic rings. The molecule has 444 valence electrons. The van der Waals surface area contributed by atoms with Crippen LogP contribution in [-0.2, 0) is 24.0 Å². The number of carbonyl (C=O) groups excluding carboxylic acids is 6. The van der Waals surface area contributed by atoms with E-state index >= 15 is 0 Å². The van der Waals surface area contributed by atoms with E-state index in [9.17, 15) is 69.6 Å². The van der Waals surface area contributed by atoms with Gasteiger partial charge in [-0.1, -0.05) is 117 Å². The highest BCUT2D eigenvalue weighted by Crippen LogP contribution is 2.32. The Hall–Kier alpha value is -6.46. The number of nitrogens with zero attached hydrogens (tertiary/aromatic N) is 2. The Morgan fingerprint density at radius 2 is 1.24 bits per heavy atom. The molecule has 4 amide bonds. The molecular formula is C62H81N5O15. The van der Waals surface area contributed by atoms with E-state index in [-0.39, 0.29) is 17.7 Å². The number of benzene rings is 4. The summed E-state index contributed by atoms with van der Waals surface area (Å²) in [6, 6.07) is 19.6. The van der Waals surface area contributed by atoms with Gasteiger partial charge in [-0.15, -0.1) is 0 Å². The predicted molar refractivity (Wildman–Crippen MR) is 304 cm³/mol. The summed E-state index contributed by atoms with van der Waals surface area (Å²) in [6.07, 6.45) is -12.6. The van der Waals surface area contributed by atoms with Crippen molar-refractivity contribution in [1.82, 2.24) is 25.8 Å². The van der Waals surface area contributed by atoms with Crippen LogP contribution in [0, 0.1) is 18.8 Å². The van der Waals surface area contributed by atoms with Crippen molar-refractivity contribution in [3.8, 4) is 28.0 Å². The van der Waals surface area contributed by atoms with E-state index in [1.54, 1.807) is 57.2 Å². The van der Waals surface area contributed by atoms with E-state index in [1.807, 2.05) is 48.5 Å². The maximum atomic E-state index is 14.6. The molecule has 4 aromatic carbocycles. The molecule has 0 bridgehead atoms. The van der Waals surface area contributed by atoms with Gasteiger partial charge in [0.05, 0.1) is 55.3 Å². The molecule has 11 N–H and O–H groups in total. The van der Waals surface area contributed by atoms with E-state index in [0.717, 1.165) is 57.7 Å². The van der Waals surface area contributed by atoms with Gasteiger partial charge >= 0.3 is 0 Å². The molecule has 0 spiro atoms. The second-order valence-corrected chi connectivity index (χ2v) is 22.7. The summed E-state index contributed by atoms with van der Waals surface area (Å²) in [7, 11) is 0. The molecule has 0 saturated carbocycles. The average Bonchev–Trinajstić information content (AvgIpc) is 4.06. The van der Waals surface area contributed by atoms with E-state index in [4.69, 9.17) is 4.74 Å². The number of Topliss-reactive ketones (excluding diaryl/α,β-unsaturated/α-hetero) is 2. The summed E-state index contributed by atoms with van der Waals surface area (Å²) in [5.74, 6) is -6.90. The average molecular weight is 1140 g/mol. The number of ketones is 2. The summed E-state index contributed by atoms with van der Waals surface area (Å²) in [4.78, 5) is 89.1. The molecule has 16 atom stereocenters. The first-order valence-corrected chi connectivity index (χ1v) is 28.5. The van der Waals surface area contributed by atoms with Crippen LogP contribution in [-0.4, -0.2) is 185 Å². The number of unbranched alkanes of at least 4 members (excludes halogenated alkanes) is 2. The van der Waals surface area contributed by atoms with E-state index in [1.165, 1.54) is 30.9 Å². The molecule has 7 rings (SSSR count). The third kappa shape index (κ3) is 15.2. The van der Waals surface area contributed by atoms with Crippen molar-refractivity contribution in [3.05, 3.63) is 114 Å². The highest BCUT2D eigenvalue weighted by molar-refractivity contribution is 6.00. The van der Waals surface area contributed by atoms with Gasteiger partial charge in [0.15, 0.2) is 11.6 Å². The lowest BCUT2D eigenvalue weighted by atomic mass is 9.88. The van der Waals surface area contributed by atoms with Crippen LogP contribution in [0.1, 0.15) is 107 Å². The first-order chi connectivity index (χ1) is 39.0. The van der Waals surface area contributed by atoms with Crippen LogP contribution in [0.15, 0.2) is 97.1 Å². The highest BCUT2D eigenvalue weighted by atomic mass is 16.5. The van der Waals surface area contributed by atoms with Gasteiger partial charge in [0.1, 0.15) is 36.1 Å². The number of aliphatic hydroxyl groups is 8. The second-order valence-electron chi connectivity index (χ2n) is 22.7. The molecule has 3 aliphatic rings. The summed E-state index contributed by atoms with van der Waals surface area (Å²) < 4.78 is 5.86. The molecule has 20 nitrogen and oxygen atoms in total. The molecule has 3 fully saturated rings. The highest BCUT2D eigenvalue weighted by Gasteiger charge is 2.49. The fourth-order valence-corrected chi connectivity index (χ4v) is 11.3. The monoisotopic (exact) mass is 1140 g/mol. The Kier molecular flexibility index (Phi) is 21.7. The summed E-state index contributed by atoms with van der Waals surface area (Å²) in [5.41, 5.74) is 4.78. The maximum Gasteiger partial charge on any atom is 0.248 e. The normalized spacial score (nSPS) is 28.8. The van der Waals surface area contributed by atoms with Crippen molar-refractivity contribution < 1.29 is 74.4 Å². The van der Waals surface area contributed by atoms with Crippen LogP contribution in [0.5, 0.6) is 5.75 Å². The van der Waals surface area contributed by atoms with Gasteiger partial charge in [-0.3, -0.25) is 33.7 Å². The Balaban J connectivity index is 1.18. The van der Waals surface area contributed by atoms with E-state index in [0.29, 0.717) is 6.61 Å². The summed E-state index contributed by atoms with van der Waals surface area (Å²) >= 11 is 0. The number of rotatable bonds is 15. The number of aryl methyl sites for hydroxylation is 1. The van der Waals surface area contributed by atoms with Crippen LogP contribution in [0.2, 0.25) is 0 Å². The largest absolute Gasteiger partial charge is 0.494 e. The first-order valence-electron chi connectivity index (χ1n) is 28.5. The lowest BCUT2D eigenvalue weighted by Crippen LogP contribution is -2.64. The Morgan fingerprint density at radius 3 is 1.82 bits per heavy atom. The van der Waals surface area contributed by atoms with Gasteiger partial charge in [0.25, 0.3) is 0 Å². The molecular weight excluding hydrogens is 1050 g/mol. The number of aliphatic hydroxyl groups excluding tert-OH is 8. The second kappa shape index (κ2) is 28.2. The van der Waals surface area contributed by atoms with Gasteiger partial charge in [-0.05, 0) is 86.4 Å². The third-order valence-electron chi connectivity index (χ3n) is 16.4. The molecule has 20 heteroatoms. The molecule has 3 heterocycles. The SMILES string of the molecule is CCCCCOc1ccc(-c2ccc(-c3ccc(C(=O)C[C@H]4C[C@@H](O)[C@@H](O)CC(=O)C5[C@@H](O)[C@@H](C)CN5[C@H](C)[C@H]([C@@H](C)O)NC(=O)[C@H]([C@H](O)[C@@H](O)c5ccc(C)cc5)NC(=O)[C@@H]5C[C@@H](O)CN5C(=O)[C@H]([C@@H](C)O)NC4=O)cc3)cc2)cc1. The zero-order valence-corrected chi connectivity index (χ0v) is 47.4. The van der Waals surface area contributed by atoms with Crippen LogP contribution in [0.3, 0.4) is 0 Å². The Bertz CT molecular complexity index is 2820. The van der Waals surface area contributed by atoms with Crippen LogP contribution >= 0.6 is 0 Å². The van der Waals surface area contributed by atoms with Crippen LogP contribution in [0.4, 0.5) is 0 Å². The maximum absolute atomic E-state index is 14.6. The van der Waals surface area contributed by atoms with Gasteiger partial charge in [-0.2, -0.15) is 0 Å². The zero-order valence-electron chi connectivity index (χ0n) is 47.4. The predicted octanol–water partition coefficient (Wildman–Crippen LogP) is 2.51. The van der Waals surface area contributed by atoms with Crippen molar-refractivity contribution in [1.29, 1.82) is 0 Å². The van der Waals surface area contributed by atoms with Crippen molar-refractivity contribution >= 4 is 35.2 Å². The molecule has 82 heavy (non-hydrogen) atoms. The fourth-order valence-electron chi connectivity index (χ4n) is 11.3. The van der Waals surface area contributed by atoms with Crippen molar-refractivity contribution in [2.45, 2.75) is 172 Å². The molecule has 1 unspecified atom stereocenters. The summed E-state index contributed by atoms with van der Waals surface area (Å²) in [6.45, 7) is 9.91. The number of carbonyl (C=O) groups is 6. The van der Waals surface area contributed by atoms with Crippen molar-refractivity contribution in [2.75, 3.05) is 19.7 Å². The standard InChI is InChI=1S/C62H81N5O15/c1-7-8-9-26-82-46-24-22-41(23-25-46)39-16-14-38(15-17-39)40-18-20-42(21-19-40)48(71)27-44-28-49(72)50(73)30-51(74)55-56(75)34(3)31-66(55)35(4)52(36(5)68)63-61(80)54(58(77)57(76)43-12-10-33(2)11-13-43)65-60(79)47-29-45(70)32-67(47)62(81)53(37(6)69)64-59(44)78/h10-25,34-37,44-45,47,49-50,52-58,68-70,72-73,75-77H,7-9,26-32H2,1-6H3,(H,63,80)(H,64,78)(H,65,79)/t34-,35+,36+,37+,44-,45+,47-,49+,50-,52+,53-,54-,55?,56-,57-,58-/m0/s1. The minimum Gasteiger partial charge on any atom is -0.494 e. The molecule has 3 saturated heterocycles. The topological polar surface area (TPSA) is 316 Å². The molecule has 0 radical (unpaired) electrons. The molecule has 0 aromatic heterocycles. The van der Waals surface area contributed by atoms with Gasteiger partial charge in [0, 0.05) is 49.9 Å². The lowest BCUT2D eigenvalue weighted by molar-refractivity contribution is -0.146. The van der Waals surface area contributed by atoms with Crippen LogP contribution < -0.4 is 20.7 Å². The van der Waals surface area contributed by atoms with Gasteiger partial charge in [-0.25, -0.2) is 0 Å². The number of hydrogen-bond donors (Lipinski definition) is 11. The summed E-state index contributed by atoms with van der Waals surface area (Å²) in [5, 5.41) is 98.9. The number of ether oxygens (including phenoxy) is 1. The number of fused-ring (bicyclic) bond motifs is 2. The smallest absolute Gasteiger partial charge is 0.248 e. The Labute approximate surface area is 478 Å². The van der Waals surface area contributed by atoms with Gasteiger partial charge in [0.2, 0.25) is 23.6 Å². The van der Waals surface area contributed by atoms with E-state index in [2.05, 4.69) is 22.9 Å². The fraction of sp³-hybridized carbons (Fsp3) is 0.516. The lowest BCUT2D eigenvalue weighted by Gasteiger charge is -2.39. The van der Waals surface area contributed by atoms with Crippen molar-refractivity contribution in [3.63, 3.8) is 0 Å². The van der Waals surface area contributed by atoms with Crippen LogP contribution in [0.25, 0.3) is 22.3 Å². The van der Waals surface area contributed by atoms with E-state index < -0.39 is 164 Å². The van der Waals surface area contributed by atoms with Crippen molar-refractivity contribution in [2.24, 2.45) is 11.8 Å². The third-order valence-corrected chi connectivity index (χ3v) is 16.4. The minimum absolute atomic E-state index is 0.0478. The number of amides is 4.